The van der Waals surface area contributed by atoms with Crippen molar-refractivity contribution >= 4 is 15.7 Å². The second-order valence-corrected chi connectivity index (χ2v) is 7.11. The number of hydrogen-bond donors (Lipinski definition) is 1. The Hall–Kier alpha value is -1.43. The van der Waals surface area contributed by atoms with Gasteiger partial charge in [0, 0.05) is 6.04 Å². The third-order valence-corrected chi connectivity index (χ3v) is 5.06. The van der Waals surface area contributed by atoms with Gasteiger partial charge in [0.05, 0.1) is 4.90 Å². The molecule has 1 aliphatic carbocycles. The van der Waals surface area contributed by atoms with Gasteiger partial charge in [-0.3, -0.25) is 4.79 Å². The van der Waals surface area contributed by atoms with Gasteiger partial charge in [0.1, 0.15) is 11.6 Å². The molecular formula is C14H18FNO3S. The van der Waals surface area contributed by atoms with Crippen LogP contribution >= 0.6 is 0 Å². The molecule has 0 heterocycles. The van der Waals surface area contributed by atoms with Crippen molar-refractivity contribution in [1.82, 2.24) is 5.32 Å². The SMILES string of the molecule is O=C(CS(=O)(=O)c1cccc(F)c1)NC1CCCCC1. The first-order valence-electron chi connectivity index (χ1n) is 6.75. The summed E-state index contributed by atoms with van der Waals surface area (Å²) in [7, 11) is -3.78. The van der Waals surface area contributed by atoms with Gasteiger partial charge in [-0.25, -0.2) is 12.8 Å². The van der Waals surface area contributed by atoms with Crippen LogP contribution in [0.15, 0.2) is 29.2 Å². The van der Waals surface area contributed by atoms with Crippen molar-refractivity contribution in [3.8, 4) is 0 Å². The molecule has 2 rings (SSSR count). The highest BCUT2D eigenvalue weighted by atomic mass is 32.2. The van der Waals surface area contributed by atoms with E-state index in [1.807, 2.05) is 0 Å². The summed E-state index contributed by atoms with van der Waals surface area (Å²) >= 11 is 0. The summed E-state index contributed by atoms with van der Waals surface area (Å²) in [6.07, 6.45) is 5.06. The van der Waals surface area contributed by atoms with E-state index >= 15 is 0 Å². The molecule has 1 saturated carbocycles. The number of halogens is 1. The lowest BCUT2D eigenvalue weighted by Crippen LogP contribution is -2.39. The molecule has 4 nitrogen and oxygen atoms in total. The lowest BCUT2D eigenvalue weighted by molar-refractivity contribution is -0.119. The number of amides is 1. The van der Waals surface area contributed by atoms with Gasteiger partial charge >= 0.3 is 0 Å². The van der Waals surface area contributed by atoms with Crippen LogP contribution in [-0.2, 0) is 14.6 Å². The minimum Gasteiger partial charge on any atom is -0.352 e. The van der Waals surface area contributed by atoms with Crippen LogP contribution in [0.25, 0.3) is 0 Å². The summed E-state index contributed by atoms with van der Waals surface area (Å²) in [5.41, 5.74) is 0. The summed E-state index contributed by atoms with van der Waals surface area (Å²) in [4.78, 5) is 11.6. The van der Waals surface area contributed by atoms with Crippen molar-refractivity contribution in [3.05, 3.63) is 30.1 Å². The summed E-state index contributed by atoms with van der Waals surface area (Å²) in [5.74, 6) is -1.77. The molecule has 0 radical (unpaired) electrons. The van der Waals surface area contributed by atoms with Crippen LogP contribution in [0, 0.1) is 5.82 Å². The van der Waals surface area contributed by atoms with Crippen molar-refractivity contribution in [2.45, 2.75) is 43.0 Å². The normalized spacial score (nSPS) is 16.9. The summed E-state index contributed by atoms with van der Waals surface area (Å²) in [6.45, 7) is 0. The number of carbonyl (C=O) groups is 1. The van der Waals surface area contributed by atoms with Gasteiger partial charge in [0.2, 0.25) is 5.91 Å². The van der Waals surface area contributed by atoms with E-state index in [4.69, 9.17) is 0 Å². The van der Waals surface area contributed by atoms with E-state index in [1.54, 1.807) is 0 Å². The first-order chi connectivity index (χ1) is 9.47. The van der Waals surface area contributed by atoms with E-state index in [0.29, 0.717) is 0 Å². The zero-order chi connectivity index (χ0) is 14.6. The van der Waals surface area contributed by atoms with Crippen LogP contribution in [0.2, 0.25) is 0 Å². The van der Waals surface area contributed by atoms with Crippen molar-refractivity contribution in [2.75, 3.05) is 5.75 Å². The Morgan fingerprint density at radius 3 is 2.60 bits per heavy atom. The van der Waals surface area contributed by atoms with E-state index in [9.17, 15) is 17.6 Å². The Morgan fingerprint density at radius 1 is 1.25 bits per heavy atom. The number of rotatable bonds is 4. The number of nitrogens with one attached hydrogen (secondary N) is 1. The van der Waals surface area contributed by atoms with Gasteiger partial charge in [0.15, 0.2) is 9.84 Å². The number of hydrogen-bond acceptors (Lipinski definition) is 3. The molecule has 110 valence electrons. The molecule has 0 bridgehead atoms. The molecule has 0 unspecified atom stereocenters. The lowest BCUT2D eigenvalue weighted by atomic mass is 9.95. The predicted molar refractivity (Wildman–Crippen MR) is 73.5 cm³/mol. The van der Waals surface area contributed by atoms with Crippen LogP contribution in [-0.4, -0.2) is 26.1 Å². The topological polar surface area (TPSA) is 63.2 Å². The molecule has 1 amide bonds. The molecule has 0 saturated heterocycles. The smallest absolute Gasteiger partial charge is 0.235 e. The zero-order valence-corrected chi connectivity index (χ0v) is 12.0. The molecule has 0 aromatic heterocycles. The summed E-state index contributed by atoms with van der Waals surface area (Å²) in [6, 6.07) is 4.79. The van der Waals surface area contributed by atoms with Crippen molar-refractivity contribution in [3.63, 3.8) is 0 Å². The zero-order valence-electron chi connectivity index (χ0n) is 11.1. The molecule has 1 aromatic rings. The van der Waals surface area contributed by atoms with Gasteiger partial charge in [-0.2, -0.15) is 0 Å². The average molecular weight is 299 g/mol. The quantitative estimate of drug-likeness (QED) is 0.925. The third-order valence-electron chi connectivity index (χ3n) is 3.45. The third kappa shape index (κ3) is 4.03. The highest BCUT2D eigenvalue weighted by Gasteiger charge is 2.22. The Labute approximate surface area is 118 Å². The molecule has 6 heteroatoms. The highest BCUT2D eigenvalue weighted by Crippen LogP contribution is 2.18. The standard InChI is InChI=1S/C14H18FNO3S/c15-11-5-4-8-13(9-11)20(18,19)10-14(17)16-12-6-2-1-3-7-12/h4-5,8-9,12H,1-3,6-7,10H2,(H,16,17). The minimum absolute atomic E-state index is 0.0685. The number of carbonyl (C=O) groups excluding carboxylic acids is 1. The number of sulfone groups is 1. The maximum atomic E-state index is 13.0. The summed E-state index contributed by atoms with van der Waals surface area (Å²) in [5, 5.41) is 2.75. The highest BCUT2D eigenvalue weighted by molar-refractivity contribution is 7.92. The number of benzene rings is 1. The van der Waals surface area contributed by atoms with Gasteiger partial charge in [-0.1, -0.05) is 25.3 Å². The Morgan fingerprint density at radius 2 is 1.95 bits per heavy atom. The van der Waals surface area contributed by atoms with Crippen LogP contribution in [0.3, 0.4) is 0 Å². The maximum absolute atomic E-state index is 13.0. The van der Waals surface area contributed by atoms with Crippen LogP contribution in [0.4, 0.5) is 4.39 Å². The van der Waals surface area contributed by atoms with E-state index in [0.717, 1.165) is 38.2 Å². The second-order valence-electron chi connectivity index (χ2n) is 5.12. The second kappa shape index (κ2) is 6.35. The molecule has 0 aliphatic heterocycles. The average Bonchev–Trinajstić information content (AvgIpc) is 2.39. The first-order valence-corrected chi connectivity index (χ1v) is 8.40. The molecule has 1 aromatic carbocycles. The largest absolute Gasteiger partial charge is 0.352 e. The Kier molecular flexibility index (Phi) is 4.75. The monoisotopic (exact) mass is 299 g/mol. The fourth-order valence-electron chi connectivity index (χ4n) is 2.43. The fraction of sp³-hybridized carbons (Fsp3) is 0.500. The predicted octanol–water partition coefficient (Wildman–Crippen LogP) is 2.05. The molecule has 20 heavy (non-hydrogen) atoms. The molecule has 1 fully saturated rings. The molecule has 0 spiro atoms. The summed E-state index contributed by atoms with van der Waals surface area (Å²) < 4.78 is 37.1. The van der Waals surface area contributed by atoms with Crippen LogP contribution < -0.4 is 5.32 Å². The van der Waals surface area contributed by atoms with Gasteiger partial charge in [-0.15, -0.1) is 0 Å². The van der Waals surface area contributed by atoms with Crippen LogP contribution in [0.5, 0.6) is 0 Å². The minimum atomic E-state index is -3.78. The van der Waals surface area contributed by atoms with Crippen molar-refractivity contribution in [1.29, 1.82) is 0 Å². The van der Waals surface area contributed by atoms with Crippen molar-refractivity contribution in [2.24, 2.45) is 0 Å². The molecular weight excluding hydrogens is 281 g/mol. The van der Waals surface area contributed by atoms with E-state index in [2.05, 4.69) is 5.32 Å². The first kappa shape index (κ1) is 15.0. The van der Waals surface area contributed by atoms with E-state index < -0.39 is 27.3 Å². The lowest BCUT2D eigenvalue weighted by Gasteiger charge is -2.22. The molecule has 1 aliphatic rings. The molecule has 0 atom stereocenters. The van der Waals surface area contributed by atoms with E-state index in [-0.39, 0.29) is 10.9 Å². The molecule has 1 N–H and O–H groups in total. The Bertz CT molecular complexity index is 580. The van der Waals surface area contributed by atoms with Crippen LogP contribution in [0.1, 0.15) is 32.1 Å². The maximum Gasteiger partial charge on any atom is 0.235 e. The van der Waals surface area contributed by atoms with Crippen molar-refractivity contribution < 1.29 is 17.6 Å². The van der Waals surface area contributed by atoms with E-state index in [1.165, 1.54) is 18.2 Å². The van der Waals surface area contributed by atoms with Gasteiger partial charge in [-0.05, 0) is 31.0 Å². The van der Waals surface area contributed by atoms with Gasteiger partial charge in [0.25, 0.3) is 0 Å². The fourth-order valence-corrected chi connectivity index (χ4v) is 3.61. The Balaban J connectivity index is 1.99. The van der Waals surface area contributed by atoms with Gasteiger partial charge < -0.3 is 5.32 Å².